The summed E-state index contributed by atoms with van der Waals surface area (Å²) in [5.74, 6) is 2.46. The lowest BCUT2D eigenvalue weighted by atomic mass is 10.1. The molecule has 1 aromatic carbocycles. The van der Waals surface area contributed by atoms with Crippen LogP contribution in [0.25, 0.3) is 0 Å². The average molecular weight is 388 g/mol. The molecule has 8 nitrogen and oxygen atoms in total. The number of methoxy groups -OCH3 is 3. The maximum absolute atomic E-state index is 13.0. The van der Waals surface area contributed by atoms with E-state index in [0.29, 0.717) is 35.9 Å². The van der Waals surface area contributed by atoms with Gasteiger partial charge in [-0.2, -0.15) is 0 Å². The highest BCUT2D eigenvalue weighted by atomic mass is 16.5. The van der Waals surface area contributed by atoms with Crippen molar-refractivity contribution in [2.24, 2.45) is 0 Å². The molecule has 1 aliphatic heterocycles. The van der Waals surface area contributed by atoms with Gasteiger partial charge in [0.05, 0.1) is 21.3 Å². The van der Waals surface area contributed by atoms with Crippen molar-refractivity contribution in [2.75, 3.05) is 54.1 Å². The molecule has 2 heterocycles. The molecule has 0 aliphatic carbocycles. The smallest absolute Gasteiger partial charge is 0.254 e. The molecule has 1 aromatic heterocycles. The van der Waals surface area contributed by atoms with E-state index in [1.807, 2.05) is 24.2 Å². The van der Waals surface area contributed by atoms with Crippen LogP contribution in [-0.4, -0.2) is 79.3 Å². The van der Waals surface area contributed by atoms with Gasteiger partial charge in [0.2, 0.25) is 5.75 Å². The number of nitrogens with zero attached hydrogens (tertiary/aromatic N) is 4. The minimum absolute atomic E-state index is 0.0237. The topological polar surface area (TPSA) is 69.1 Å². The first-order valence-electron chi connectivity index (χ1n) is 9.36. The number of hydrogen-bond donors (Lipinski definition) is 0. The molecule has 3 rings (SSSR count). The van der Waals surface area contributed by atoms with Gasteiger partial charge < -0.3 is 23.7 Å². The molecule has 0 saturated carbocycles. The van der Waals surface area contributed by atoms with Crippen molar-refractivity contribution < 1.29 is 19.0 Å². The molecule has 0 atom stereocenters. The van der Waals surface area contributed by atoms with Crippen LogP contribution in [0.5, 0.6) is 17.2 Å². The molecule has 1 fully saturated rings. The Labute approximate surface area is 165 Å². The largest absolute Gasteiger partial charge is 0.493 e. The molecule has 1 saturated heterocycles. The summed E-state index contributed by atoms with van der Waals surface area (Å²) in [4.78, 5) is 21.5. The molecule has 1 amide bonds. The van der Waals surface area contributed by atoms with Crippen LogP contribution in [0.4, 0.5) is 0 Å². The Morgan fingerprint density at radius 2 is 1.64 bits per heavy atom. The second-order valence-electron chi connectivity index (χ2n) is 6.72. The number of imidazole rings is 1. The molecule has 8 heteroatoms. The molecule has 2 aromatic rings. The lowest BCUT2D eigenvalue weighted by Crippen LogP contribution is -2.49. The average Bonchev–Trinajstić information content (AvgIpc) is 3.15. The maximum Gasteiger partial charge on any atom is 0.254 e. The zero-order valence-corrected chi connectivity index (χ0v) is 17.0. The fourth-order valence-corrected chi connectivity index (χ4v) is 3.45. The quantitative estimate of drug-likeness (QED) is 0.719. The third-order valence-corrected chi connectivity index (χ3v) is 5.15. The predicted octanol–water partition coefficient (Wildman–Crippen LogP) is 1.68. The molecule has 152 valence electrons. The van der Waals surface area contributed by atoms with Crippen LogP contribution in [0.15, 0.2) is 24.5 Å². The monoisotopic (exact) mass is 388 g/mol. The van der Waals surface area contributed by atoms with E-state index >= 15 is 0 Å². The van der Waals surface area contributed by atoms with Crippen LogP contribution < -0.4 is 14.2 Å². The van der Waals surface area contributed by atoms with Gasteiger partial charge in [0.25, 0.3) is 5.91 Å². The van der Waals surface area contributed by atoms with Crippen molar-refractivity contribution in [3.8, 4) is 17.2 Å². The van der Waals surface area contributed by atoms with Gasteiger partial charge in [-0.3, -0.25) is 9.69 Å². The van der Waals surface area contributed by atoms with E-state index in [-0.39, 0.29) is 5.91 Å². The number of aryl methyl sites for hydroxylation is 1. The number of hydrogen-bond acceptors (Lipinski definition) is 6. The lowest BCUT2D eigenvalue weighted by Gasteiger charge is -2.35. The number of aromatic nitrogens is 2. The standard InChI is InChI=1S/C20H28N4O4/c1-15-21-5-6-23(15)10-7-22-8-11-24(12-9-22)20(25)16-13-17(26-2)19(28-4)18(14-16)27-3/h5-6,13-14H,7-12H2,1-4H3. The van der Waals surface area contributed by atoms with Crippen LogP contribution in [0.3, 0.4) is 0 Å². The third-order valence-electron chi connectivity index (χ3n) is 5.15. The number of carbonyl (C=O) groups excluding carboxylic acids is 1. The van der Waals surface area contributed by atoms with Crippen molar-refractivity contribution in [2.45, 2.75) is 13.5 Å². The fraction of sp³-hybridized carbons (Fsp3) is 0.500. The highest BCUT2D eigenvalue weighted by Crippen LogP contribution is 2.38. The highest BCUT2D eigenvalue weighted by molar-refractivity contribution is 5.95. The molecule has 0 bridgehead atoms. The number of amides is 1. The lowest BCUT2D eigenvalue weighted by molar-refractivity contribution is 0.0632. The Morgan fingerprint density at radius 3 is 2.14 bits per heavy atom. The number of rotatable bonds is 7. The fourth-order valence-electron chi connectivity index (χ4n) is 3.45. The van der Waals surface area contributed by atoms with Gasteiger partial charge in [-0.15, -0.1) is 0 Å². The minimum atomic E-state index is -0.0237. The van der Waals surface area contributed by atoms with E-state index in [9.17, 15) is 4.79 Å². The van der Waals surface area contributed by atoms with Gasteiger partial charge in [-0.05, 0) is 19.1 Å². The second-order valence-corrected chi connectivity index (χ2v) is 6.72. The van der Waals surface area contributed by atoms with Gasteiger partial charge in [-0.1, -0.05) is 0 Å². The SMILES string of the molecule is COc1cc(C(=O)N2CCN(CCn3ccnc3C)CC2)cc(OC)c1OC. The first kappa shape index (κ1) is 20.0. The first-order chi connectivity index (χ1) is 13.6. The molecule has 0 unspecified atom stereocenters. The molecule has 1 aliphatic rings. The number of piperazine rings is 1. The Hall–Kier alpha value is -2.74. The summed E-state index contributed by atoms with van der Waals surface area (Å²) in [6.45, 7) is 6.95. The summed E-state index contributed by atoms with van der Waals surface area (Å²) in [6, 6.07) is 3.41. The van der Waals surface area contributed by atoms with Crippen molar-refractivity contribution in [3.05, 3.63) is 35.9 Å². The minimum Gasteiger partial charge on any atom is -0.493 e. The van der Waals surface area contributed by atoms with Crippen LogP contribution in [0, 0.1) is 6.92 Å². The third kappa shape index (κ3) is 4.22. The Balaban J connectivity index is 1.61. The van der Waals surface area contributed by atoms with Crippen LogP contribution >= 0.6 is 0 Å². The second kappa shape index (κ2) is 8.97. The van der Waals surface area contributed by atoms with E-state index < -0.39 is 0 Å². The predicted molar refractivity (Wildman–Crippen MR) is 105 cm³/mol. The van der Waals surface area contributed by atoms with Crippen molar-refractivity contribution in [1.29, 1.82) is 0 Å². The van der Waals surface area contributed by atoms with E-state index in [4.69, 9.17) is 14.2 Å². The first-order valence-corrected chi connectivity index (χ1v) is 9.36. The van der Waals surface area contributed by atoms with Crippen LogP contribution in [0.2, 0.25) is 0 Å². The molecular weight excluding hydrogens is 360 g/mol. The summed E-state index contributed by atoms with van der Waals surface area (Å²) >= 11 is 0. The number of ether oxygens (including phenoxy) is 3. The van der Waals surface area contributed by atoms with Crippen LogP contribution in [0.1, 0.15) is 16.2 Å². The van der Waals surface area contributed by atoms with Crippen molar-refractivity contribution >= 4 is 5.91 Å². The number of carbonyl (C=O) groups is 1. The summed E-state index contributed by atoms with van der Waals surface area (Å²) in [5.41, 5.74) is 0.539. The molecule has 0 spiro atoms. The Morgan fingerprint density at radius 1 is 1.00 bits per heavy atom. The number of benzene rings is 1. The summed E-state index contributed by atoms with van der Waals surface area (Å²) < 4.78 is 18.2. The van der Waals surface area contributed by atoms with Gasteiger partial charge in [-0.25, -0.2) is 4.98 Å². The highest BCUT2D eigenvalue weighted by Gasteiger charge is 2.24. The molecule has 0 radical (unpaired) electrons. The van der Waals surface area contributed by atoms with Gasteiger partial charge in [0.15, 0.2) is 11.5 Å². The van der Waals surface area contributed by atoms with E-state index in [1.165, 1.54) is 0 Å². The van der Waals surface area contributed by atoms with Gasteiger partial charge in [0, 0.05) is 57.2 Å². The Kier molecular flexibility index (Phi) is 6.41. The molecule has 0 N–H and O–H groups in total. The van der Waals surface area contributed by atoms with E-state index in [1.54, 1.807) is 33.5 Å². The van der Waals surface area contributed by atoms with Gasteiger partial charge in [0.1, 0.15) is 5.82 Å². The van der Waals surface area contributed by atoms with Crippen LogP contribution in [-0.2, 0) is 6.54 Å². The summed E-state index contributed by atoms with van der Waals surface area (Å²) in [6.07, 6.45) is 3.82. The summed E-state index contributed by atoms with van der Waals surface area (Å²) in [7, 11) is 4.64. The molecular formula is C20H28N4O4. The normalized spacial score (nSPS) is 14.8. The van der Waals surface area contributed by atoms with E-state index in [2.05, 4.69) is 14.5 Å². The summed E-state index contributed by atoms with van der Waals surface area (Å²) in [5, 5.41) is 0. The van der Waals surface area contributed by atoms with Gasteiger partial charge >= 0.3 is 0 Å². The van der Waals surface area contributed by atoms with E-state index in [0.717, 1.165) is 32.0 Å². The van der Waals surface area contributed by atoms with Crippen molar-refractivity contribution in [3.63, 3.8) is 0 Å². The molecule has 28 heavy (non-hydrogen) atoms. The zero-order chi connectivity index (χ0) is 20.1. The zero-order valence-electron chi connectivity index (χ0n) is 17.0. The van der Waals surface area contributed by atoms with Crippen molar-refractivity contribution in [1.82, 2.24) is 19.4 Å². The maximum atomic E-state index is 13.0. The Bertz CT molecular complexity index is 787.